The molecule has 0 N–H and O–H groups in total. The molecule has 0 radical (unpaired) electrons. The van der Waals surface area contributed by atoms with Gasteiger partial charge >= 0.3 is 0 Å². The lowest BCUT2D eigenvalue weighted by atomic mass is 10.0. The summed E-state index contributed by atoms with van der Waals surface area (Å²) in [4.78, 5) is 22.6. The standard InChI is InChI=1S/C26H20Cl3N3O/c27-18-4-3-5-19(15-18)31-10-12-32(13-11-31)26(33)21-16-25(17-8-9-22(28)23(29)14-17)30-24-7-2-1-6-20(21)24/h1-9,14-16H,10-13H2. The number of rotatable bonds is 3. The second-order valence-corrected chi connectivity index (χ2v) is 9.21. The average Bonchev–Trinajstić information content (AvgIpc) is 2.84. The molecular weight excluding hydrogens is 477 g/mol. The highest BCUT2D eigenvalue weighted by Crippen LogP contribution is 2.31. The number of para-hydroxylation sites is 1. The summed E-state index contributed by atoms with van der Waals surface area (Å²) in [5.41, 5.74) is 3.98. The summed E-state index contributed by atoms with van der Waals surface area (Å²) in [7, 11) is 0. The Balaban J connectivity index is 1.45. The van der Waals surface area contributed by atoms with Crippen molar-refractivity contribution in [1.82, 2.24) is 9.88 Å². The lowest BCUT2D eigenvalue weighted by molar-refractivity contribution is 0.0748. The van der Waals surface area contributed by atoms with Gasteiger partial charge in [-0.2, -0.15) is 0 Å². The summed E-state index contributed by atoms with van der Waals surface area (Å²) >= 11 is 18.5. The van der Waals surface area contributed by atoms with Crippen molar-refractivity contribution in [3.05, 3.63) is 93.4 Å². The van der Waals surface area contributed by atoms with Gasteiger partial charge in [0.1, 0.15) is 0 Å². The molecule has 0 saturated carbocycles. The molecule has 7 heteroatoms. The first-order valence-electron chi connectivity index (χ1n) is 10.6. The summed E-state index contributed by atoms with van der Waals surface area (Å²) in [6, 6.07) is 22.8. The van der Waals surface area contributed by atoms with Crippen LogP contribution in [-0.4, -0.2) is 42.0 Å². The number of carbonyl (C=O) groups is 1. The maximum Gasteiger partial charge on any atom is 0.254 e. The summed E-state index contributed by atoms with van der Waals surface area (Å²) in [5, 5.41) is 2.48. The fraction of sp³-hybridized carbons (Fsp3) is 0.154. The first-order valence-corrected chi connectivity index (χ1v) is 11.8. The molecule has 4 aromatic rings. The quantitative estimate of drug-likeness (QED) is 0.312. The van der Waals surface area contributed by atoms with E-state index in [-0.39, 0.29) is 5.91 Å². The van der Waals surface area contributed by atoms with Gasteiger partial charge in [-0.3, -0.25) is 4.79 Å². The van der Waals surface area contributed by atoms with E-state index < -0.39 is 0 Å². The summed E-state index contributed by atoms with van der Waals surface area (Å²) in [5.74, 6) is 0.000606. The van der Waals surface area contributed by atoms with E-state index >= 15 is 0 Å². The van der Waals surface area contributed by atoms with E-state index in [2.05, 4.69) is 4.90 Å². The second kappa shape index (κ2) is 9.22. The monoisotopic (exact) mass is 495 g/mol. The number of anilines is 1. The largest absolute Gasteiger partial charge is 0.368 e. The van der Waals surface area contributed by atoms with Crippen LogP contribution < -0.4 is 4.90 Å². The van der Waals surface area contributed by atoms with E-state index in [4.69, 9.17) is 39.8 Å². The van der Waals surface area contributed by atoms with Gasteiger partial charge in [0.15, 0.2) is 0 Å². The number of amides is 1. The number of carbonyl (C=O) groups excluding carboxylic acids is 1. The zero-order chi connectivity index (χ0) is 22.9. The smallest absolute Gasteiger partial charge is 0.254 e. The van der Waals surface area contributed by atoms with Crippen LogP contribution in [-0.2, 0) is 0 Å². The first-order chi connectivity index (χ1) is 16.0. The van der Waals surface area contributed by atoms with Crippen LogP contribution in [0.15, 0.2) is 72.8 Å². The predicted octanol–water partition coefficient (Wildman–Crippen LogP) is 6.82. The van der Waals surface area contributed by atoms with Crippen LogP contribution in [0.2, 0.25) is 15.1 Å². The Morgan fingerprint density at radius 2 is 1.58 bits per heavy atom. The minimum Gasteiger partial charge on any atom is -0.368 e. The Morgan fingerprint density at radius 3 is 2.33 bits per heavy atom. The van der Waals surface area contributed by atoms with Gasteiger partial charge in [0, 0.05) is 47.8 Å². The number of fused-ring (bicyclic) bond motifs is 1. The molecule has 0 atom stereocenters. The van der Waals surface area contributed by atoms with Gasteiger partial charge in [-0.05, 0) is 42.5 Å². The molecule has 5 rings (SSSR count). The predicted molar refractivity (Wildman–Crippen MR) is 137 cm³/mol. The molecular formula is C26H20Cl3N3O. The van der Waals surface area contributed by atoms with Gasteiger partial charge in [-0.25, -0.2) is 4.98 Å². The van der Waals surface area contributed by atoms with Crippen molar-refractivity contribution in [2.75, 3.05) is 31.1 Å². The summed E-state index contributed by atoms with van der Waals surface area (Å²) in [6.07, 6.45) is 0. The van der Waals surface area contributed by atoms with E-state index in [1.165, 1.54) is 0 Å². The lowest BCUT2D eigenvalue weighted by Gasteiger charge is -2.36. The third-order valence-electron chi connectivity index (χ3n) is 5.90. The zero-order valence-corrected chi connectivity index (χ0v) is 19.9. The highest BCUT2D eigenvalue weighted by Gasteiger charge is 2.24. The van der Waals surface area contributed by atoms with Gasteiger partial charge in [0.2, 0.25) is 0 Å². The molecule has 0 spiro atoms. The SMILES string of the molecule is O=C(c1cc(-c2ccc(Cl)c(Cl)c2)nc2ccccc12)N1CCN(c2cccc(Cl)c2)CC1. The van der Waals surface area contributed by atoms with Crippen molar-refractivity contribution in [2.45, 2.75) is 0 Å². The van der Waals surface area contributed by atoms with E-state index in [0.717, 1.165) is 35.2 Å². The average molecular weight is 497 g/mol. The highest BCUT2D eigenvalue weighted by molar-refractivity contribution is 6.42. The number of hydrogen-bond donors (Lipinski definition) is 0. The fourth-order valence-corrected chi connectivity index (χ4v) is 4.65. The Hall–Kier alpha value is -2.79. The molecule has 166 valence electrons. The Morgan fingerprint density at radius 1 is 0.788 bits per heavy atom. The molecule has 1 aliphatic rings. The molecule has 1 aromatic heterocycles. The van der Waals surface area contributed by atoms with Gasteiger partial charge in [-0.15, -0.1) is 0 Å². The third-order valence-corrected chi connectivity index (χ3v) is 6.88. The Bertz CT molecular complexity index is 1350. The summed E-state index contributed by atoms with van der Waals surface area (Å²) in [6.45, 7) is 2.75. The molecule has 1 amide bonds. The Kier molecular flexibility index (Phi) is 6.15. The second-order valence-electron chi connectivity index (χ2n) is 7.96. The third kappa shape index (κ3) is 4.51. The molecule has 0 unspecified atom stereocenters. The van der Waals surface area contributed by atoms with Crippen molar-refractivity contribution in [2.24, 2.45) is 0 Å². The van der Waals surface area contributed by atoms with Crippen LogP contribution in [0, 0.1) is 0 Å². The van der Waals surface area contributed by atoms with Gasteiger partial charge in [-0.1, -0.05) is 65.1 Å². The van der Waals surface area contributed by atoms with Crippen LogP contribution in [0.5, 0.6) is 0 Å². The fourth-order valence-electron chi connectivity index (χ4n) is 4.17. The van der Waals surface area contributed by atoms with Crippen molar-refractivity contribution >= 4 is 57.3 Å². The van der Waals surface area contributed by atoms with Crippen molar-refractivity contribution < 1.29 is 4.79 Å². The molecule has 33 heavy (non-hydrogen) atoms. The molecule has 4 nitrogen and oxygen atoms in total. The molecule has 1 saturated heterocycles. The topological polar surface area (TPSA) is 36.4 Å². The van der Waals surface area contributed by atoms with Crippen molar-refractivity contribution in [3.8, 4) is 11.3 Å². The molecule has 2 heterocycles. The van der Waals surface area contributed by atoms with Crippen LogP contribution in [0.4, 0.5) is 5.69 Å². The molecule has 0 aliphatic carbocycles. The van der Waals surface area contributed by atoms with E-state index in [9.17, 15) is 4.79 Å². The maximum atomic E-state index is 13.6. The highest BCUT2D eigenvalue weighted by atomic mass is 35.5. The van der Waals surface area contributed by atoms with Crippen LogP contribution in [0.3, 0.4) is 0 Å². The first kappa shape index (κ1) is 22.0. The number of nitrogens with zero attached hydrogens (tertiary/aromatic N) is 3. The van der Waals surface area contributed by atoms with E-state index in [0.29, 0.717) is 39.4 Å². The molecule has 0 bridgehead atoms. The summed E-state index contributed by atoms with van der Waals surface area (Å²) < 4.78 is 0. The van der Waals surface area contributed by atoms with Gasteiger partial charge in [0.25, 0.3) is 5.91 Å². The van der Waals surface area contributed by atoms with Gasteiger partial charge in [0.05, 0.1) is 26.8 Å². The number of halogens is 3. The number of aromatic nitrogens is 1. The normalized spacial score (nSPS) is 14.0. The molecule has 3 aromatic carbocycles. The van der Waals surface area contributed by atoms with Crippen LogP contribution >= 0.6 is 34.8 Å². The molecule has 1 aliphatic heterocycles. The molecule has 1 fully saturated rings. The Labute approximate surface area is 207 Å². The zero-order valence-electron chi connectivity index (χ0n) is 17.6. The van der Waals surface area contributed by atoms with Crippen molar-refractivity contribution in [3.63, 3.8) is 0 Å². The maximum absolute atomic E-state index is 13.6. The van der Waals surface area contributed by atoms with Gasteiger partial charge < -0.3 is 9.80 Å². The van der Waals surface area contributed by atoms with Crippen molar-refractivity contribution in [1.29, 1.82) is 0 Å². The van der Waals surface area contributed by atoms with Crippen LogP contribution in [0.25, 0.3) is 22.2 Å². The van der Waals surface area contributed by atoms with Crippen LogP contribution in [0.1, 0.15) is 10.4 Å². The minimum atomic E-state index is 0.000606. The number of pyridine rings is 1. The minimum absolute atomic E-state index is 0.000606. The number of hydrogen-bond acceptors (Lipinski definition) is 3. The van der Waals surface area contributed by atoms with E-state index in [1.807, 2.05) is 65.6 Å². The van der Waals surface area contributed by atoms with E-state index in [1.54, 1.807) is 12.1 Å². The lowest BCUT2D eigenvalue weighted by Crippen LogP contribution is -2.48. The number of piperazine rings is 1. The number of benzene rings is 3.